The van der Waals surface area contributed by atoms with Crippen LogP contribution in [0.3, 0.4) is 0 Å². The van der Waals surface area contributed by atoms with Crippen LogP contribution in [0.25, 0.3) is 0 Å². The third kappa shape index (κ3) is 2.14. The lowest BCUT2D eigenvalue weighted by Crippen LogP contribution is -2.08. The van der Waals surface area contributed by atoms with Gasteiger partial charge in [-0.1, -0.05) is 18.2 Å². The van der Waals surface area contributed by atoms with Crippen LogP contribution in [-0.4, -0.2) is 13.6 Å². The first-order valence-electron chi connectivity index (χ1n) is 5.36. The van der Waals surface area contributed by atoms with E-state index in [0.29, 0.717) is 0 Å². The molecule has 0 saturated carbocycles. The van der Waals surface area contributed by atoms with E-state index in [2.05, 4.69) is 28.8 Å². The molecule has 2 rings (SSSR count). The van der Waals surface area contributed by atoms with Gasteiger partial charge in [0.05, 0.1) is 0 Å². The molecule has 1 heterocycles. The van der Waals surface area contributed by atoms with E-state index < -0.39 is 0 Å². The topological polar surface area (TPSA) is 24.1 Å². The quantitative estimate of drug-likeness (QED) is 0.702. The molecule has 2 heteroatoms. The number of hydrogen-bond donors (Lipinski definition) is 2. The lowest BCUT2D eigenvalue weighted by atomic mass is 10.0. The van der Waals surface area contributed by atoms with Gasteiger partial charge in [-0.3, -0.25) is 0 Å². The average molecular weight is 190 g/mol. The van der Waals surface area contributed by atoms with Crippen molar-refractivity contribution >= 4 is 0 Å². The van der Waals surface area contributed by atoms with E-state index >= 15 is 0 Å². The van der Waals surface area contributed by atoms with Crippen molar-refractivity contribution in [3.8, 4) is 0 Å². The van der Waals surface area contributed by atoms with E-state index in [1.54, 1.807) is 0 Å². The molecule has 0 bridgehead atoms. The summed E-state index contributed by atoms with van der Waals surface area (Å²) in [6.45, 7) is 3.21. The molecule has 0 unspecified atom stereocenters. The molecule has 0 atom stereocenters. The van der Waals surface area contributed by atoms with Crippen molar-refractivity contribution in [1.82, 2.24) is 10.6 Å². The Kier molecular flexibility index (Phi) is 3.17. The first-order valence-corrected chi connectivity index (χ1v) is 5.36. The summed E-state index contributed by atoms with van der Waals surface area (Å²) in [7, 11) is 2.01. The highest BCUT2D eigenvalue weighted by atomic mass is 14.9. The zero-order valence-corrected chi connectivity index (χ0v) is 8.77. The predicted octanol–water partition coefficient (Wildman–Crippen LogP) is 1.44. The summed E-state index contributed by atoms with van der Waals surface area (Å²) in [6.07, 6.45) is 2.41. The lowest BCUT2D eigenvalue weighted by molar-refractivity contribution is 0.724. The van der Waals surface area contributed by atoms with Gasteiger partial charge in [0.1, 0.15) is 0 Å². The Morgan fingerprint density at radius 3 is 3.00 bits per heavy atom. The Labute approximate surface area is 85.7 Å². The molecule has 1 aliphatic heterocycles. The number of benzene rings is 1. The first-order chi connectivity index (χ1) is 6.90. The number of hydrogen-bond acceptors (Lipinski definition) is 2. The Balaban J connectivity index is 1.98. The second-order valence-corrected chi connectivity index (χ2v) is 3.91. The molecule has 0 radical (unpaired) electrons. The molecular formula is C12H18N2. The van der Waals surface area contributed by atoms with E-state index in [0.717, 1.165) is 19.6 Å². The minimum atomic E-state index is 1.05. The van der Waals surface area contributed by atoms with Gasteiger partial charge in [0, 0.05) is 13.1 Å². The molecule has 2 N–H and O–H groups in total. The van der Waals surface area contributed by atoms with Crippen LogP contribution >= 0.6 is 0 Å². The number of fused-ring (bicyclic) bond motifs is 1. The van der Waals surface area contributed by atoms with Gasteiger partial charge in [0.25, 0.3) is 0 Å². The lowest BCUT2D eigenvalue weighted by Gasteiger charge is -2.04. The molecule has 1 aliphatic rings. The van der Waals surface area contributed by atoms with Crippen molar-refractivity contribution in [2.24, 2.45) is 0 Å². The second-order valence-electron chi connectivity index (χ2n) is 3.91. The Morgan fingerprint density at radius 2 is 2.14 bits per heavy atom. The van der Waals surface area contributed by atoms with E-state index in [-0.39, 0.29) is 0 Å². The largest absolute Gasteiger partial charge is 0.320 e. The van der Waals surface area contributed by atoms with Crippen LogP contribution in [0.4, 0.5) is 0 Å². The highest BCUT2D eigenvalue weighted by Crippen LogP contribution is 2.17. The maximum atomic E-state index is 3.37. The van der Waals surface area contributed by atoms with Gasteiger partial charge in [-0.05, 0) is 43.1 Å². The minimum Gasteiger partial charge on any atom is -0.320 e. The molecule has 1 aromatic rings. The van der Waals surface area contributed by atoms with E-state index in [9.17, 15) is 0 Å². The highest BCUT2D eigenvalue weighted by Gasteiger charge is 2.09. The van der Waals surface area contributed by atoms with Crippen LogP contribution in [0.5, 0.6) is 0 Å². The summed E-state index contributed by atoms with van der Waals surface area (Å²) in [6, 6.07) is 6.89. The molecule has 0 fully saturated rings. The zero-order valence-electron chi connectivity index (χ0n) is 8.77. The van der Waals surface area contributed by atoms with Gasteiger partial charge in [-0.15, -0.1) is 0 Å². The van der Waals surface area contributed by atoms with Gasteiger partial charge in [0.2, 0.25) is 0 Å². The van der Waals surface area contributed by atoms with Crippen LogP contribution in [0.2, 0.25) is 0 Å². The fraction of sp³-hybridized carbons (Fsp3) is 0.500. The third-order valence-electron chi connectivity index (χ3n) is 2.79. The molecule has 0 amide bonds. The van der Waals surface area contributed by atoms with Crippen molar-refractivity contribution in [3.63, 3.8) is 0 Å². The fourth-order valence-electron chi connectivity index (χ4n) is 1.97. The van der Waals surface area contributed by atoms with Gasteiger partial charge in [0.15, 0.2) is 0 Å². The van der Waals surface area contributed by atoms with Crippen molar-refractivity contribution in [1.29, 1.82) is 0 Å². The minimum absolute atomic E-state index is 1.05. The van der Waals surface area contributed by atoms with Crippen LogP contribution in [0.1, 0.15) is 23.1 Å². The third-order valence-corrected chi connectivity index (χ3v) is 2.79. The van der Waals surface area contributed by atoms with Crippen LogP contribution < -0.4 is 10.6 Å². The molecule has 0 aliphatic carbocycles. The van der Waals surface area contributed by atoms with Gasteiger partial charge < -0.3 is 10.6 Å². The summed E-state index contributed by atoms with van der Waals surface area (Å²) >= 11 is 0. The molecular weight excluding hydrogens is 172 g/mol. The number of aryl methyl sites for hydroxylation is 1. The van der Waals surface area contributed by atoms with Crippen molar-refractivity contribution in [2.75, 3.05) is 13.6 Å². The fourth-order valence-corrected chi connectivity index (χ4v) is 1.97. The van der Waals surface area contributed by atoms with Gasteiger partial charge >= 0.3 is 0 Å². The van der Waals surface area contributed by atoms with E-state index in [1.807, 2.05) is 7.05 Å². The number of rotatable bonds is 4. The number of nitrogens with one attached hydrogen (secondary N) is 2. The zero-order chi connectivity index (χ0) is 9.80. The highest BCUT2D eigenvalue weighted by molar-refractivity contribution is 5.34. The maximum Gasteiger partial charge on any atom is 0.0212 e. The van der Waals surface area contributed by atoms with E-state index in [4.69, 9.17) is 0 Å². The van der Waals surface area contributed by atoms with Crippen molar-refractivity contribution in [2.45, 2.75) is 25.9 Å². The summed E-state index contributed by atoms with van der Waals surface area (Å²) in [4.78, 5) is 0. The summed E-state index contributed by atoms with van der Waals surface area (Å²) in [5.74, 6) is 0. The Hall–Kier alpha value is -0.860. The van der Waals surface area contributed by atoms with Crippen molar-refractivity contribution in [3.05, 3.63) is 34.9 Å². The van der Waals surface area contributed by atoms with Gasteiger partial charge in [-0.25, -0.2) is 0 Å². The average Bonchev–Trinajstić information content (AvgIpc) is 2.65. The molecule has 14 heavy (non-hydrogen) atoms. The molecule has 0 saturated heterocycles. The first kappa shape index (κ1) is 9.69. The van der Waals surface area contributed by atoms with Crippen LogP contribution in [-0.2, 0) is 19.5 Å². The smallest absolute Gasteiger partial charge is 0.0212 e. The maximum absolute atomic E-state index is 3.37. The molecule has 2 nitrogen and oxygen atoms in total. The van der Waals surface area contributed by atoms with Crippen LogP contribution in [0.15, 0.2) is 18.2 Å². The Morgan fingerprint density at radius 1 is 1.29 bits per heavy atom. The summed E-state index contributed by atoms with van der Waals surface area (Å²) < 4.78 is 0. The molecule has 76 valence electrons. The summed E-state index contributed by atoms with van der Waals surface area (Å²) in [5.41, 5.74) is 4.44. The van der Waals surface area contributed by atoms with Gasteiger partial charge in [-0.2, -0.15) is 0 Å². The summed E-state index contributed by atoms with van der Waals surface area (Å²) in [5, 5.41) is 6.55. The monoisotopic (exact) mass is 190 g/mol. The van der Waals surface area contributed by atoms with E-state index in [1.165, 1.54) is 29.5 Å². The molecule has 0 aromatic heterocycles. The molecule has 1 aromatic carbocycles. The second kappa shape index (κ2) is 4.58. The SMILES string of the molecule is CNCCCc1ccc2c(c1)CNC2. The Bertz CT molecular complexity index is 307. The van der Waals surface area contributed by atoms with Crippen LogP contribution in [0, 0.1) is 0 Å². The molecule has 0 spiro atoms. The normalized spacial score (nSPS) is 14.4. The predicted molar refractivity (Wildman–Crippen MR) is 59.2 cm³/mol. The standard InChI is InChI=1S/C12H18N2/c1-13-6-2-3-10-4-5-11-8-14-9-12(11)7-10/h4-5,7,13-14H,2-3,6,8-9H2,1H3. The van der Waals surface area contributed by atoms with Crippen molar-refractivity contribution < 1.29 is 0 Å².